The molecule has 0 aliphatic rings. The van der Waals surface area contributed by atoms with Gasteiger partial charge < -0.3 is 4.74 Å². The number of benzene rings is 2. The summed E-state index contributed by atoms with van der Waals surface area (Å²) in [5, 5.41) is 3.99. The third kappa shape index (κ3) is 4.50. The lowest BCUT2D eigenvalue weighted by Gasteiger charge is -2.18. The highest BCUT2D eigenvalue weighted by Gasteiger charge is 2.15. The van der Waals surface area contributed by atoms with Crippen molar-refractivity contribution < 1.29 is 9.53 Å². The van der Waals surface area contributed by atoms with Gasteiger partial charge in [0.15, 0.2) is 11.7 Å². The van der Waals surface area contributed by atoms with Crippen molar-refractivity contribution >= 4 is 44.2 Å². The summed E-state index contributed by atoms with van der Waals surface area (Å²) in [5.74, 6) is 0.351. The number of nitrogens with one attached hydrogen (secondary N) is 1. The van der Waals surface area contributed by atoms with E-state index >= 15 is 0 Å². The molecule has 0 spiro atoms. The standard InChI is InChI=1S/C19H19ClN2O2S/c1-19(2,3)12-4-9-15-16(10-12)25-18(21-15)22-17(23)11-24-14-7-5-13(20)6-8-14/h4-10H,11H2,1-3H3,(H,21,22,23). The summed E-state index contributed by atoms with van der Waals surface area (Å²) in [5.41, 5.74) is 2.20. The van der Waals surface area contributed by atoms with Gasteiger partial charge in [0.25, 0.3) is 5.91 Å². The predicted molar refractivity (Wildman–Crippen MR) is 104 cm³/mol. The quantitative estimate of drug-likeness (QED) is 0.677. The van der Waals surface area contributed by atoms with Gasteiger partial charge in [-0.15, -0.1) is 0 Å². The lowest BCUT2D eigenvalue weighted by atomic mass is 9.87. The maximum atomic E-state index is 12.1. The Hall–Kier alpha value is -2.11. The smallest absolute Gasteiger partial charge is 0.264 e. The first-order chi connectivity index (χ1) is 11.8. The molecule has 0 atom stereocenters. The molecule has 0 aliphatic carbocycles. The molecule has 1 heterocycles. The maximum Gasteiger partial charge on any atom is 0.264 e. The summed E-state index contributed by atoms with van der Waals surface area (Å²) >= 11 is 7.28. The van der Waals surface area contributed by atoms with Gasteiger partial charge in [-0.3, -0.25) is 10.1 Å². The molecular weight excluding hydrogens is 356 g/mol. The third-order valence-corrected chi connectivity index (χ3v) is 4.87. The van der Waals surface area contributed by atoms with Crippen LogP contribution in [0.2, 0.25) is 5.02 Å². The Morgan fingerprint density at radius 2 is 1.92 bits per heavy atom. The first kappa shape index (κ1) is 17.7. The Morgan fingerprint density at radius 1 is 1.20 bits per heavy atom. The number of carbonyl (C=O) groups is 1. The van der Waals surface area contributed by atoms with Gasteiger partial charge in [0.1, 0.15) is 5.75 Å². The summed E-state index contributed by atoms with van der Waals surface area (Å²) < 4.78 is 6.50. The van der Waals surface area contributed by atoms with Crippen molar-refractivity contribution in [3.63, 3.8) is 0 Å². The molecule has 6 heteroatoms. The highest BCUT2D eigenvalue weighted by Crippen LogP contribution is 2.31. The zero-order valence-electron chi connectivity index (χ0n) is 14.3. The number of hydrogen-bond acceptors (Lipinski definition) is 4. The number of aromatic nitrogens is 1. The summed E-state index contributed by atoms with van der Waals surface area (Å²) in [6, 6.07) is 13.1. The number of amides is 1. The van der Waals surface area contributed by atoms with E-state index in [2.05, 4.69) is 43.2 Å². The van der Waals surface area contributed by atoms with E-state index in [0.29, 0.717) is 15.9 Å². The number of nitrogens with zero attached hydrogens (tertiary/aromatic N) is 1. The SMILES string of the molecule is CC(C)(C)c1ccc2nc(NC(=O)COc3ccc(Cl)cc3)sc2c1. The highest BCUT2D eigenvalue weighted by molar-refractivity contribution is 7.22. The number of thiazole rings is 1. The summed E-state index contributed by atoms with van der Waals surface area (Å²) in [6.07, 6.45) is 0. The van der Waals surface area contributed by atoms with Crippen molar-refractivity contribution in [2.24, 2.45) is 0 Å². The van der Waals surface area contributed by atoms with Crippen molar-refractivity contribution in [1.29, 1.82) is 0 Å². The van der Waals surface area contributed by atoms with Crippen LogP contribution in [0, 0.1) is 0 Å². The Bertz CT molecular complexity index is 898. The largest absolute Gasteiger partial charge is 0.484 e. The molecular formula is C19H19ClN2O2S. The molecule has 1 amide bonds. The average Bonchev–Trinajstić information content (AvgIpc) is 2.94. The van der Waals surface area contributed by atoms with E-state index in [1.54, 1.807) is 24.3 Å². The van der Waals surface area contributed by atoms with Crippen LogP contribution in [0.3, 0.4) is 0 Å². The molecule has 3 rings (SSSR count). The van der Waals surface area contributed by atoms with Gasteiger partial charge in [0, 0.05) is 5.02 Å². The Balaban J connectivity index is 1.65. The fourth-order valence-corrected chi connectivity index (χ4v) is 3.33. The zero-order chi connectivity index (χ0) is 18.0. The molecule has 1 aromatic heterocycles. The molecule has 0 radical (unpaired) electrons. The van der Waals surface area contributed by atoms with E-state index in [9.17, 15) is 4.79 Å². The van der Waals surface area contributed by atoms with Crippen molar-refractivity contribution in [3.8, 4) is 5.75 Å². The third-order valence-electron chi connectivity index (χ3n) is 3.68. The molecule has 4 nitrogen and oxygen atoms in total. The minimum atomic E-state index is -0.245. The molecule has 0 bridgehead atoms. The van der Waals surface area contributed by atoms with Crippen molar-refractivity contribution in [1.82, 2.24) is 4.98 Å². The first-order valence-electron chi connectivity index (χ1n) is 7.90. The molecule has 0 fully saturated rings. The number of anilines is 1. The molecule has 0 aliphatic heterocycles. The number of hydrogen-bond donors (Lipinski definition) is 1. The fourth-order valence-electron chi connectivity index (χ4n) is 2.28. The molecule has 0 unspecified atom stereocenters. The van der Waals surface area contributed by atoms with E-state index in [1.165, 1.54) is 16.9 Å². The van der Waals surface area contributed by atoms with Crippen LogP contribution in [-0.4, -0.2) is 17.5 Å². The number of rotatable bonds is 4. The van der Waals surface area contributed by atoms with Gasteiger partial charge in [0.2, 0.25) is 0 Å². The number of carbonyl (C=O) groups excluding carboxylic acids is 1. The van der Waals surface area contributed by atoms with Crippen LogP contribution in [0.25, 0.3) is 10.2 Å². The van der Waals surface area contributed by atoms with E-state index in [4.69, 9.17) is 16.3 Å². The second-order valence-electron chi connectivity index (χ2n) is 6.74. The second kappa shape index (κ2) is 7.02. The lowest BCUT2D eigenvalue weighted by Crippen LogP contribution is -2.19. The Labute approximate surface area is 155 Å². The van der Waals surface area contributed by atoms with Gasteiger partial charge in [-0.25, -0.2) is 4.98 Å². The maximum absolute atomic E-state index is 12.1. The minimum absolute atomic E-state index is 0.0774. The monoisotopic (exact) mass is 374 g/mol. The highest BCUT2D eigenvalue weighted by atomic mass is 35.5. The van der Waals surface area contributed by atoms with Crippen LogP contribution in [0.4, 0.5) is 5.13 Å². The predicted octanol–water partition coefficient (Wildman–Crippen LogP) is 5.26. The molecule has 25 heavy (non-hydrogen) atoms. The summed E-state index contributed by atoms with van der Waals surface area (Å²) in [6.45, 7) is 6.44. The van der Waals surface area contributed by atoms with E-state index < -0.39 is 0 Å². The summed E-state index contributed by atoms with van der Waals surface area (Å²) in [4.78, 5) is 16.5. The van der Waals surface area contributed by atoms with E-state index in [1.807, 2.05) is 6.07 Å². The Morgan fingerprint density at radius 3 is 2.60 bits per heavy atom. The van der Waals surface area contributed by atoms with Crippen molar-refractivity contribution in [2.45, 2.75) is 26.2 Å². The summed E-state index contributed by atoms with van der Waals surface area (Å²) in [7, 11) is 0. The fraction of sp³-hybridized carbons (Fsp3) is 0.263. The molecule has 0 saturated carbocycles. The zero-order valence-corrected chi connectivity index (χ0v) is 15.9. The van der Waals surface area contributed by atoms with Gasteiger partial charge >= 0.3 is 0 Å². The normalized spacial score (nSPS) is 11.5. The van der Waals surface area contributed by atoms with Gasteiger partial charge in [0.05, 0.1) is 10.2 Å². The van der Waals surface area contributed by atoms with E-state index in [-0.39, 0.29) is 17.9 Å². The number of ether oxygens (including phenoxy) is 1. The van der Waals surface area contributed by atoms with Gasteiger partial charge in [-0.2, -0.15) is 0 Å². The van der Waals surface area contributed by atoms with Gasteiger partial charge in [-0.1, -0.05) is 49.8 Å². The van der Waals surface area contributed by atoms with Crippen LogP contribution >= 0.6 is 22.9 Å². The first-order valence-corrected chi connectivity index (χ1v) is 9.10. The molecule has 1 N–H and O–H groups in total. The van der Waals surface area contributed by atoms with E-state index in [0.717, 1.165) is 10.2 Å². The number of halogens is 1. The van der Waals surface area contributed by atoms with Gasteiger partial charge in [-0.05, 0) is 47.4 Å². The number of fused-ring (bicyclic) bond motifs is 1. The second-order valence-corrected chi connectivity index (χ2v) is 8.21. The van der Waals surface area contributed by atoms with Crippen LogP contribution < -0.4 is 10.1 Å². The molecule has 2 aromatic carbocycles. The van der Waals surface area contributed by atoms with Crippen molar-refractivity contribution in [3.05, 3.63) is 53.1 Å². The minimum Gasteiger partial charge on any atom is -0.484 e. The topological polar surface area (TPSA) is 51.2 Å². The average molecular weight is 375 g/mol. The van der Waals surface area contributed by atoms with Crippen LogP contribution in [0.5, 0.6) is 5.75 Å². The van der Waals surface area contributed by atoms with Crippen molar-refractivity contribution in [2.75, 3.05) is 11.9 Å². The molecule has 130 valence electrons. The van der Waals surface area contributed by atoms with Crippen LogP contribution in [0.1, 0.15) is 26.3 Å². The lowest BCUT2D eigenvalue weighted by molar-refractivity contribution is -0.118. The molecule has 3 aromatic rings. The van der Waals surface area contributed by atoms with Crippen LogP contribution in [-0.2, 0) is 10.2 Å². The van der Waals surface area contributed by atoms with Crippen LogP contribution in [0.15, 0.2) is 42.5 Å². The Kier molecular flexibility index (Phi) is 4.97. The molecule has 0 saturated heterocycles.